The smallest absolute Gasteiger partial charge is 0.304 e. The summed E-state index contributed by atoms with van der Waals surface area (Å²) in [6.45, 7) is 7.62. The first-order chi connectivity index (χ1) is 16.0. The number of benzene rings is 1. The average molecular weight is 488 g/mol. The summed E-state index contributed by atoms with van der Waals surface area (Å²) in [5, 5.41) is 0. The quantitative estimate of drug-likeness (QED) is 0.642. The van der Waals surface area contributed by atoms with Crippen molar-refractivity contribution in [1.82, 2.24) is 14.0 Å². The predicted octanol–water partition coefficient (Wildman–Crippen LogP) is 2.39. The number of rotatable bonds is 6. The Morgan fingerprint density at radius 2 is 1.97 bits per heavy atom. The van der Waals surface area contributed by atoms with E-state index in [0.717, 1.165) is 18.5 Å². The minimum atomic E-state index is -4.00. The van der Waals surface area contributed by atoms with Crippen LogP contribution in [0.15, 0.2) is 36.4 Å². The number of anilines is 1. The van der Waals surface area contributed by atoms with E-state index in [1.165, 1.54) is 4.31 Å². The Morgan fingerprint density at radius 3 is 2.59 bits per heavy atom. The molecule has 2 aliphatic rings. The molecule has 0 radical (unpaired) electrons. The summed E-state index contributed by atoms with van der Waals surface area (Å²) < 4.78 is 34.4. The molecule has 2 aromatic rings. The molecular formula is C24H33N5O4S. The van der Waals surface area contributed by atoms with Crippen molar-refractivity contribution in [3.63, 3.8) is 0 Å². The summed E-state index contributed by atoms with van der Waals surface area (Å²) in [6, 6.07) is 10.7. The van der Waals surface area contributed by atoms with Crippen LogP contribution in [0.3, 0.4) is 0 Å². The molecule has 2 fully saturated rings. The van der Waals surface area contributed by atoms with Crippen LogP contribution in [-0.4, -0.2) is 61.9 Å². The van der Waals surface area contributed by atoms with E-state index in [1.54, 1.807) is 19.2 Å². The van der Waals surface area contributed by atoms with Gasteiger partial charge in [0.2, 0.25) is 0 Å². The number of aromatic nitrogens is 1. The van der Waals surface area contributed by atoms with Crippen LogP contribution in [-0.2, 0) is 10.2 Å². The van der Waals surface area contributed by atoms with Crippen LogP contribution in [0.2, 0.25) is 0 Å². The van der Waals surface area contributed by atoms with Crippen molar-refractivity contribution in [2.75, 3.05) is 31.6 Å². The van der Waals surface area contributed by atoms with Crippen LogP contribution < -0.4 is 20.1 Å². The summed E-state index contributed by atoms with van der Waals surface area (Å²) in [4.78, 5) is 20.3. The van der Waals surface area contributed by atoms with Crippen molar-refractivity contribution in [2.24, 2.45) is 11.7 Å². The summed E-state index contributed by atoms with van der Waals surface area (Å²) in [5.74, 6) is 0.851. The van der Waals surface area contributed by atoms with Gasteiger partial charge in [-0.05, 0) is 56.9 Å². The first kappa shape index (κ1) is 24.4. The molecule has 2 atom stereocenters. The number of carbonyl (C=O) groups excluding carboxylic acids is 1. The molecule has 10 heteroatoms. The standard InChI is InChI=1S/C24H33N5O4S/c1-16-10-13-29(24(16,2)3)22-20(23(30)27-34(31,32)28-12-11-18(25)15-28)8-9-21(26-22)17-6-5-7-19(14-17)33-4/h5-9,14,16,18H,10-13,15,25H2,1-4H3,(H,27,30)/t16?,18-/m0/s1. The number of nitrogens with one attached hydrogen (secondary N) is 1. The summed E-state index contributed by atoms with van der Waals surface area (Å²) in [7, 11) is -2.40. The number of methoxy groups -OCH3 is 1. The SMILES string of the molecule is COc1cccc(-c2ccc(C(=O)NS(=O)(=O)N3CC[C@H](N)C3)c(N3CCC(C)C3(C)C)n2)c1. The van der Waals surface area contributed by atoms with Crippen LogP contribution in [0, 0.1) is 5.92 Å². The van der Waals surface area contributed by atoms with Gasteiger partial charge < -0.3 is 15.4 Å². The molecule has 9 nitrogen and oxygen atoms in total. The van der Waals surface area contributed by atoms with E-state index >= 15 is 0 Å². The highest BCUT2D eigenvalue weighted by Crippen LogP contribution is 2.39. The van der Waals surface area contributed by atoms with Gasteiger partial charge in [-0.1, -0.05) is 19.1 Å². The zero-order chi connectivity index (χ0) is 24.7. The molecule has 3 N–H and O–H groups in total. The molecule has 2 saturated heterocycles. The molecule has 1 unspecified atom stereocenters. The molecule has 4 rings (SSSR count). The van der Waals surface area contributed by atoms with Gasteiger partial charge >= 0.3 is 10.2 Å². The lowest BCUT2D eigenvalue weighted by Crippen LogP contribution is -2.45. The van der Waals surface area contributed by atoms with Crippen molar-refractivity contribution in [2.45, 2.75) is 45.2 Å². The van der Waals surface area contributed by atoms with Crippen LogP contribution in [0.1, 0.15) is 44.0 Å². The maximum absolute atomic E-state index is 13.3. The fourth-order valence-corrected chi connectivity index (χ4v) is 5.80. The average Bonchev–Trinajstić information content (AvgIpc) is 3.36. The monoisotopic (exact) mass is 487 g/mol. The Labute approximate surface area is 201 Å². The highest BCUT2D eigenvalue weighted by Gasteiger charge is 2.41. The van der Waals surface area contributed by atoms with Gasteiger partial charge in [-0.3, -0.25) is 4.79 Å². The summed E-state index contributed by atoms with van der Waals surface area (Å²) in [5.41, 5.74) is 7.35. The molecule has 0 bridgehead atoms. The molecule has 2 aliphatic heterocycles. The largest absolute Gasteiger partial charge is 0.497 e. The minimum absolute atomic E-state index is 0.194. The Bertz CT molecular complexity index is 1180. The number of amides is 1. The van der Waals surface area contributed by atoms with Gasteiger partial charge in [0, 0.05) is 36.8 Å². The number of ether oxygens (including phenoxy) is 1. The lowest BCUT2D eigenvalue weighted by atomic mass is 9.90. The van der Waals surface area contributed by atoms with Crippen LogP contribution in [0.4, 0.5) is 5.82 Å². The van der Waals surface area contributed by atoms with E-state index in [4.69, 9.17) is 15.5 Å². The van der Waals surface area contributed by atoms with Gasteiger partial charge in [-0.15, -0.1) is 0 Å². The van der Waals surface area contributed by atoms with E-state index in [-0.39, 0.29) is 23.7 Å². The van der Waals surface area contributed by atoms with Crippen molar-refractivity contribution in [1.29, 1.82) is 0 Å². The molecule has 0 spiro atoms. The van der Waals surface area contributed by atoms with Crippen LogP contribution >= 0.6 is 0 Å². The lowest BCUT2D eigenvalue weighted by Gasteiger charge is -2.36. The van der Waals surface area contributed by atoms with Gasteiger partial charge in [-0.2, -0.15) is 12.7 Å². The van der Waals surface area contributed by atoms with Crippen molar-refractivity contribution in [3.05, 3.63) is 42.0 Å². The molecule has 1 amide bonds. The highest BCUT2D eigenvalue weighted by molar-refractivity contribution is 7.87. The predicted molar refractivity (Wildman–Crippen MR) is 132 cm³/mol. The molecule has 0 aliphatic carbocycles. The number of nitrogens with two attached hydrogens (primary N) is 1. The Kier molecular flexibility index (Phi) is 6.58. The van der Waals surface area contributed by atoms with Crippen molar-refractivity contribution in [3.8, 4) is 17.0 Å². The first-order valence-corrected chi connectivity index (χ1v) is 13.0. The number of nitrogens with zero attached hydrogens (tertiary/aromatic N) is 3. The Hall–Kier alpha value is -2.69. The van der Waals surface area contributed by atoms with Gasteiger partial charge in [0.1, 0.15) is 11.6 Å². The summed E-state index contributed by atoms with van der Waals surface area (Å²) in [6.07, 6.45) is 1.51. The van der Waals surface area contributed by atoms with Gasteiger partial charge in [0.15, 0.2) is 0 Å². The Morgan fingerprint density at radius 1 is 1.21 bits per heavy atom. The van der Waals surface area contributed by atoms with Gasteiger partial charge in [-0.25, -0.2) is 9.71 Å². The van der Waals surface area contributed by atoms with Crippen LogP contribution in [0.5, 0.6) is 5.75 Å². The maximum atomic E-state index is 13.3. The number of pyridine rings is 1. The normalized spacial score (nSPS) is 22.7. The topological polar surface area (TPSA) is 118 Å². The Balaban J connectivity index is 1.73. The molecular weight excluding hydrogens is 454 g/mol. The van der Waals surface area contributed by atoms with E-state index < -0.39 is 16.1 Å². The van der Waals surface area contributed by atoms with E-state index in [9.17, 15) is 13.2 Å². The third-order valence-electron chi connectivity index (χ3n) is 7.18. The van der Waals surface area contributed by atoms with Crippen molar-refractivity contribution >= 4 is 21.9 Å². The maximum Gasteiger partial charge on any atom is 0.304 e. The minimum Gasteiger partial charge on any atom is -0.497 e. The second-order valence-corrected chi connectivity index (χ2v) is 11.3. The zero-order valence-corrected chi connectivity index (χ0v) is 20.9. The molecule has 34 heavy (non-hydrogen) atoms. The third-order valence-corrected chi connectivity index (χ3v) is 8.63. The van der Waals surface area contributed by atoms with E-state index in [0.29, 0.717) is 36.1 Å². The molecule has 3 heterocycles. The zero-order valence-electron chi connectivity index (χ0n) is 20.1. The number of hydrogen-bond donors (Lipinski definition) is 2. The fraction of sp³-hybridized carbons (Fsp3) is 0.500. The van der Waals surface area contributed by atoms with Gasteiger partial charge in [0.05, 0.1) is 18.4 Å². The summed E-state index contributed by atoms with van der Waals surface area (Å²) >= 11 is 0. The van der Waals surface area contributed by atoms with Crippen molar-refractivity contribution < 1.29 is 17.9 Å². The molecule has 184 valence electrons. The highest BCUT2D eigenvalue weighted by atomic mass is 32.2. The molecule has 1 aromatic carbocycles. The lowest BCUT2D eigenvalue weighted by molar-refractivity contribution is 0.0979. The first-order valence-electron chi connectivity index (χ1n) is 11.5. The second-order valence-electron chi connectivity index (χ2n) is 9.64. The van der Waals surface area contributed by atoms with E-state index in [1.807, 2.05) is 24.3 Å². The van der Waals surface area contributed by atoms with Gasteiger partial charge in [0.25, 0.3) is 5.91 Å². The second kappa shape index (κ2) is 9.16. The van der Waals surface area contributed by atoms with Crippen LogP contribution in [0.25, 0.3) is 11.3 Å². The number of carbonyl (C=O) groups is 1. The fourth-order valence-electron chi connectivity index (χ4n) is 4.59. The molecule has 0 saturated carbocycles. The van der Waals surface area contributed by atoms with E-state index in [2.05, 4.69) is 30.4 Å². The number of hydrogen-bond acceptors (Lipinski definition) is 7. The third kappa shape index (κ3) is 4.62. The molecule has 1 aromatic heterocycles.